The van der Waals surface area contributed by atoms with Gasteiger partial charge in [0.1, 0.15) is 5.01 Å². The summed E-state index contributed by atoms with van der Waals surface area (Å²) in [5.41, 5.74) is 0.958. The van der Waals surface area contributed by atoms with Gasteiger partial charge >= 0.3 is 0 Å². The van der Waals surface area contributed by atoms with Crippen LogP contribution in [-0.2, 0) is 6.54 Å². The topological polar surface area (TPSA) is 59.1 Å². The number of thiazole rings is 1. The van der Waals surface area contributed by atoms with Crippen LogP contribution in [0.25, 0.3) is 0 Å². The molecule has 0 atom stereocenters. The second kappa shape index (κ2) is 5.41. The highest BCUT2D eigenvalue weighted by Gasteiger charge is 2.11. The highest BCUT2D eigenvalue weighted by Crippen LogP contribution is 2.17. The normalized spacial score (nSPS) is 10.3. The number of aromatic nitrogens is 1. The van der Waals surface area contributed by atoms with Crippen molar-refractivity contribution in [2.24, 2.45) is 0 Å². The van der Waals surface area contributed by atoms with E-state index in [0.717, 1.165) is 10.7 Å². The van der Waals surface area contributed by atoms with Crippen molar-refractivity contribution < 1.29 is 9.59 Å². The first-order valence-corrected chi connectivity index (χ1v) is 7.06. The van der Waals surface area contributed by atoms with Crippen LogP contribution in [0.4, 0.5) is 0 Å². The fourth-order valence-corrected chi connectivity index (χ4v) is 2.91. The molecular weight excluding hydrogens is 268 g/mol. The van der Waals surface area contributed by atoms with E-state index in [9.17, 15) is 9.59 Å². The van der Waals surface area contributed by atoms with Gasteiger partial charge in [0.2, 0.25) is 0 Å². The number of hydrogen-bond donors (Lipinski definition) is 1. The molecule has 0 unspecified atom stereocenters. The number of ketones is 1. The van der Waals surface area contributed by atoms with Crippen molar-refractivity contribution >= 4 is 34.4 Å². The lowest BCUT2D eigenvalue weighted by molar-refractivity contribution is 0.0954. The van der Waals surface area contributed by atoms with Gasteiger partial charge in [-0.25, -0.2) is 4.98 Å². The molecule has 6 heteroatoms. The smallest absolute Gasteiger partial charge is 0.261 e. The Morgan fingerprint density at radius 1 is 1.33 bits per heavy atom. The number of rotatable bonds is 4. The lowest BCUT2D eigenvalue weighted by atomic mass is 10.3. The van der Waals surface area contributed by atoms with E-state index in [0.29, 0.717) is 16.3 Å². The largest absolute Gasteiger partial charge is 0.345 e. The molecule has 0 saturated heterocycles. The monoisotopic (exact) mass is 280 g/mol. The minimum absolute atomic E-state index is 0.0189. The number of thiophene rings is 1. The second-order valence-corrected chi connectivity index (χ2v) is 5.81. The molecule has 0 aromatic carbocycles. The number of nitrogens with one attached hydrogen (secondary N) is 1. The van der Waals surface area contributed by atoms with Crippen molar-refractivity contribution in [3.05, 3.63) is 38.0 Å². The van der Waals surface area contributed by atoms with Gasteiger partial charge in [0.15, 0.2) is 5.78 Å². The van der Waals surface area contributed by atoms with E-state index in [4.69, 9.17) is 0 Å². The summed E-state index contributed by atoms with van der Waals surface area (Å²) >= 11 is 2.73. The fraction of sp³-hybridized carbons (Fsp3) is 0.250. The van der Waals surface area contributed by atoms with Crippen LogP contribution < -0.4 is 5.32 Å². The van der Waals surface area contributed by atoms with E-state index in [1.807, 2.05) is 12.3 Å². The highest BCUT2D eigenvalue weighted by molar-refractivity contribution is 7.16. The Kier molecular flexibility index (Phi) is 3.88. The molecule has 0 saturated carbocycles. The SMILES string of the molecule is CC(=O)c1ccc(C(=O)NCc2nc(C)cs2)s1. The molecule has 4 nitrogen and oxygen atoms in total. The van der Waals surface area contributed by atoms with Crippen LogP contribution in [0.15, 0.2) is 17.5 Å². The Bertz CT molecular complexity index is 586. The highest BCUT2D eigenvalue weighted by atomic mass is 32.1. The first-order chi connectivity index (χ1) is 8.56. The first-order valence-electron chi connectivity index (χ1n) is 5.36. The van der Waals surface area contributed by atoms with Crippen LogP contribution in [0.3, 0.4) is 0 Å². The zero-order chi connectivity index (χ0) is 13.1. The quantitative estimate of drug-likeness (QED) is 0.876. The lowest BCUT2D eigenvalue weighted by Gasteiger charge is -1.99. The molecular formula is C12H12N2O2S2. The molecule has 0 radical (unpaired) electrons. The summed E-state index contributed by atoms with van der Waals surface area (Å²) < 4.78 is 0. The minimum atomic E-state index is -0.166. The third-order valence-electron chi connectivity index (χ3n) is 2.24. The summed E-state index contributed by atoms with van der Waals surface area (Å²) in [5.74, 6) is -0.185. The molecule has 0 aliphatic carbocycles. The summed E-state index contributed by atoms with van der Waals surface area (Å²) in [5, 5.41) is 5.61. The molecule has 0 bridgehead atoms. The summed E-state index contributed by atoms with van der Waals surface area (Å²) in [6, 6.07) is 3.35. The zero-order valence-corrected chi connectivity index (χ0v) is 11.7. The Labute approximate surface area is 113 Å². The van der Waals surface area contributed by atoms with Crippen LogP contribution in [0.5, 0.6) is 0 Å². The molecule has 2 rings (SSSR count). The number of carbonyl (C=O) groups is 2. The van der Waals surface area contributed by atoms with Gasteiger partial charge in [-0.1, -0.05) is 0 Å². The van der Waals surface area contributed by atoms with Crippen molar-refractivity contribution in [1.82, 2.24) is 10.3 Å². The summed E-state index contributed by atoms with van der Waals surface area (Å²) in [4.78, 5) is 28.4. The van der Waals surface area contributed by atoms with Gasteiger partial charge in [-0.3, -0.25) is 9.59 Å². The number of amides is 1. The van der Waals surface area contributed by atoms with E-state index in [1.54, 1.807) is 12.1 Å². The molecule has 2 heterocycles. The number of Topliss-reactive ketones (excluding diaryl/α,β-unsaturated/α-hetero) is 1. The first kappa shape index (κ1) is 12.9. The average molecular weight is 280 g/mol. The van der Waals surface area contributed by atoms with Crippen molar-refractivity contribution in [3.63, 3.8) is 0 Å². The molecule has 0 spiro atoms. The predicted octanol–water partition coefficient (Wildman–Crippen LogP) is 2.65. The van der Waals surface area contributed by atoms with E-state index in [-0.39, 0.29) is 11.7 Å². The maximum absolute atomic E-state index is 11.8. The maximum atomic E-state index is 11.8. The van der Waals surface area contributed by atoms with Crippen molar-refractivity contribution in [2.45, 2.75) is 20.4 Å². The third-order valence-corrected chi connectivity index (χ3v) is 4.40. The zero-order valence-electron chi connectivity index (χ0n) is 10.0. The molecule has 18 heavy (non-hydrogen) atoms. The van der Waals surface area contributed by atoms with E-state index in [2.05, 4.69) is 10.3 Å². The van der Waals surface area contributed by atoms with Gasteiger partial charge in [-0.05, 0) is 26.0 Å². The maximum Gasteiger partial charge on any atom is 0.261 e. The number of hydrogen-bond acceptors (Lipinski definition) is 5. The number of nitrogens with zero attached hydrogens (tertiary/aromatic N) is 1. The Morgan fingerprint density at radius 3 is 2.61 bits per heavy atom. The summed E-state index contributed by atoms with van der Waals surface area (Å²) in [6.45, 7) is 3.83. The molecule has 1 N–H and O–H groups in total. The van der Waals surface area contributed by atoms with E-state index >= 15 is 0 Å². The second-order valence-electron chi connectivity index (χ2n) is 3.79. The Balaban J connectivity index is 1.97. The molecule has 0 aliphatic heterocycles. The van der Waals surface area contributed by atoms with Gasteiger partial charge < -0.3 is 5.32 Å². The van der Waals surface area contributed by atoms with Gasteiger partial charge in [-0.2, -0.15) is 0 Å². The number of carbonyl (C=O) groups excluding carboxylic acids is 2. The predicted molar refractivity (Wildman–Crippen MR) is 72.3 cm³/mol. The van der Waals surface area contributed by atoms with E-state index in [1.165, 1.54) is 29.6 Å². The van der Waals surface area contributed by atoms with Crippen LogP contribution in [0, 0.1) is 6.92 Å². The molecule has 2 aromatic heterocycles. The molecule has 94 valence electrons. The Hall–Kier alpha value is -1.53. The van der Waals surface area contributed by atoms with Gasteiger partial charge in [-0.15, -0.1) is 22.7 Å². The van der Waals surface area contributed by atoms with E-state index < -0.39 is 0 Å². The molecule has 0 aliphatic rings. The number of aryl methyl sites for hydroxylation is 1. The van der Waals surface area contributed by atoms with Gasteiger partial charge in [0.25, 0.3) is 5.91 Å². The summed E-state index contributed by atoms with van der Waals surface area (Å²) in [7, 11) is 0. The summed E-state index contributed by atoms with van der Waals surface area (Å²) in [6.07, 6.45) is 0. The van der Waals surface area contributed by atoms with Crippen LogP contribution in [0.1, 0.15) is 37.0 Å². The Morgan fingerprint density at radius 2 is 2.06 bits per heavy atom. The van der Waals surface area contributed by atoms with Crippen LogP contribution in [0.2, 0.25) is 0 Å². The average Bonchev–Trinajstić information content (AvgIpc) is 2.94. The van der Waals surface area contributed by atoms with Crippen molar-refractivity contribution in [1.29, 1.82) is 0 Å². The lowest BCUT2D eigenvalue weighted by Crippen LogP contribution is -2.21. The third kappa shape index (κ3) is 3.02. The molecule has 1 amide bonds. The van der Waals surface area contributed by atoms with Gasteiger partial charge in [0.05, 0.1) is 16.3 Å². The van der Waals surface area contributed by atoms with Crippen LogP contribution in [-0.4, -0.2) is 16.7 Å². The van der Waals surface area contributed by atoms with Crippen LogP contribution >= 0.6 is 22.7 Å². The molecule has 2 aromatic rings. The van der Waals surface area contributed by atoms with Gasteiger partial charge in [0, 0.05) is 11.1 Å². The van der Waals surface area contributed by atoms with Crippen molar-refractivity contribution in [2.75, 3.05) is 0 Å². The molecule has 0 fully saturated rings. The fourth-order valence-electron chi connectivity index (χ4n) is 1.38. The van der Waals surface area contributed by atoms with Crippen molar-refractivity contribution in [3.8, 4) is 0 Å². The standard InChI is InChI=1S/C12H12N2O2S2/c1-7-6-17-11(14-7)5-13-12(16)10-4-3-9(18-10)8(2)15/h3-4,6H,5H2,1-2H3,(H,13,16). The minimum Gasteiger partial charge on any atom is -0.345 e.